The highest BCUT2D eigenvalue weighted by Crippen LogP contribution is 2.15. The van der Waals surface area contributed by atoms with Gasteiger partial charge >= 0.3 is 0 Å². The van der Waals surface area contributed by atoms with E-state index in [0.29, 0.717) is 12.1 Å². The number of rotatable bonds is 4. The molecule has 1 amide bonds. The minimum absolute atomic E-state index is 0.0513. The van der Waals surface area contributed by atoms with Crippen molar-refractivity contribution in [3.05, 3.63) is 34.3 Å². The van der Waals surface area contributed by atoms with Crippen LogP contribution in [0.3, 0.4) is 0 Å². The maximum atomic E-state index is 11.7. The zero-order valence-corrected chi connectivity index (χ0v) is 10.5. The normalized spacial score (nSPS) is 12.2. The van der Waals surface area contributed by atoms with Crippen molar-refractivity contribution in [2.45, 2.75) is 13.0 Å². The molecule has 1 atom stereocenters. The third-order valence-corrected chi connectivity index (χ3v) is 2.87. The van der Waals surface area contributed by atoms with Crippen LogP contribution in [0.4, 0.5) is 0 Å². The zero-order valence-electron chi connectivity index (χ0n) is 8.88. The molecule has 0 aliphatic rings. The summed E-state index contributed by atoms with van der Waals surface area (Å²) in [5.41, 5.74) is 0.667. The molecule has 0 aliphatic heterocycles. The molecule has 1 aromatic rings. The van der Waals surface area contributed by atoms with Gasteiger partial charge in [0.25, 0.3) is 5.91 Å². The van der Waals surface area contributed by atoms with E-state index in [1.165, 1.54) is 0 Å². The summed E-state index contributed by atoms with van der Waals surface area (Å²) < 4.78 is 0.819. The molecule has 0 saturated carbocycles. The number of amides is 1. The van der Waals surface area contributed by atoms with Crippen molar-refractivity contribution in [2.75, 3.05) is 13.6 Å². The summed E-state index contributed by atoms with van der Waals surface area (Å²) in [5.74, 6) is -0.0513. The van der Waals surface area contributed by atoms with Crippen molar-refractivity contribution in [3.63, 3.8) is 0 Å². The Hall–Kier alpha value is -0.870. The molecule has 0 aliphatic carbocycles. The Morgan fingerprint density at radius 3 is 2.73 bits per heavy atom. The monoisotopic (exact) mass is 270 g/mol. The molecular weight excluding hydrogens is 256 g/mol. The van der Waals surface area contributed by atoms with Gasteiger partial charge < -0.3 is 10.6 Å². The second-order valence-electron chi connectivity index (χ2n) is 3.38. The van der Waals surface area contributed by atoms with Gasteiger partial charge in [0.1, 0.15) is 0 Å². The Labute approximate surface area is 98.4 Å². The van der Waals surface area contributed by atoms with Gasteiger partial charge in [0.05, 0.1) is 5.56 Å². The van der Waals surface area contributed by atoms with Gasteiger partial charge in [-0.15, -0.1) is 0 Å². The van der Waals surface area contributed by atoms with Gasteiger partial charge in [-0.1, -0.05) is 12.1 Å². The molecular formula is C11H15BrN2O. The lowest BCUT2D eigenvalue weighted by Gasteiger charge is -2.11. The van der Waals surface area contributed by atoms with Gasteiger partial charge in [-0.3, -0.25) is 4.79 Å². The molecule has 0 saturated heterocycles. The third kappa shape index (κ3) is 3.64. The second-order valence-corrected chi connectivity index (χ2v) is 4.23. The van der Waals surface area contributed by atoms with Crippen molar-refractivity contribution < 1.29 is 4.79 Å². The molecule has 0 heterocycles. The first-order valence-electron chi connectivity index (χ1n) is 4.85. The number of carbonyl (C=O) groups excluding carboxylic acids is 1. The van der Waals surface area contributed by atoms with E-state index in [1.807, 2.05) is 32.2 Å². The van der Waals surface area contributed by atoms with E-state index in [-0.39, 0.29) is 11.9 Å². The Morgan fingerprint density at radius 2 is 2.13 bits per heavy atom. The summed E-state index contributed by atoms with van der Waals surface area (Å²) in [6.45, 7) is 2.64. The first-order chi connectivity index (χ1) is 7.15. The van der Waals surface area contributed by atoms with Gasteiger partial charge in [0.2, 0.25) is 0 Å². The van der Waals surface area contributed by atoms with Crippen molar-refractivity contribution in [2.24, 2.45) is 0 Å². The zero-order chi connectivity index (χ0) is 11.3. The lowest BCUT2D eigenvalue weighted by molar-refractivity contribution is 0.0950. The van der Waals surface area contributed by atoms with Crippen LogP contribution in [-0.2, 0) is 0 Å². The number of benzene rings is 1. The SMILES string of the molecule is CNC(C)CNC(=O)c1ccccc1Br. The van der Waals surface area contributed by atoms with Crippen LogP contribution in [0.2, 0.25) is 0 Å². The summed E-state index contributed by atoms with van der Waals surface area (Å²) in [6.07, 6.45) is 0. The Bertz CT molecular complexity index is 341. The number of halogens is 1. The van der Waals surface area contributed by atoms with Gasteiger partial charge in [0, 0.05) is 17.1 Å². The number of hydrogen-bond donors (Lipinski definition) is 2. The number of carbonyl (C=O) groups is 1. The van der Waals surface area contributed by atoms with Crippen LogP contribution in [0.15, 0.2) is 28.7 Å². The van der Waals surface area contributed by atoms with E-state index < -0.39 is 0 Å². The quantitative estimate of drug-likeness (QED) is 0.876. The first-order valence-corrected chi connectivity index (χ1v) is 5.64. The molecule has 4 heteroatoms. The smallest absolute Gasteiger partial charge is 0.252 e. The van der Waals surface area contributed by atoms with E-state index in [9.17, 15) is 4.79 Å². The molecule has 0 aromatic heterocycles. The van der Waals surface area contributed by atoms with Crippen LogP contribution < -0.4 is 10.6 Å². The summed E-state index contributed by atoms with van der Waals surface area (Å²) >= 11 is 3.34. The standard InChI is InChI=1S/C11H15BrN2O/c1-8(13-2)7-14-11(15)9-5-3-4-6-10(9)12/h3-6,8,13H,7H2,1-2H3,(H,14,15). The fourth-order valence-corrected chi connectivity index (χ4v) is 1.55. The molecule has 3 nitrogen and oxygen atoms in total. The van der Waals surface area contributed by atoms with Gasteiger partial charge in [-0.2, -0.15) is 0 Å². The fraction of sp³-hybridized carbons (Fsp3) is 0.364. The molecule has 82 valence electrons. The highest BCUT2D eigenvalue weighted by Gasteiger charge is 2.09. The second kappa shape index (κ2) is 5.88. The van der Waals surface area contributed by atoms with Crippen molar-refractivity contribution in [1.29, 1.82) is 0 Å². The average molecular weight is 271 g/mol. The molecule has 1 unspecified atom stereocenters. The molecule has 0 fully saturated rings. The lowest BCUT2D eigenvalue weighted by atomic mass is 10.2. The average Bonchev–Trinajstić information content (AvgIpc) is 2.26. The van der Waals surface area contributed by atoms with Gasteiger partial charge in [0.15, 0.2) is 0 Å². The Morgan fingerprint density at radius 1 is 1.47 bits per heavy atom. The predicted octanol–water partition coefficient (Wildman–Crippen LogP) is 1.79. The summed E-state index contributed by atoms with van der Waals surface area (Å²) in [4.78, 5) is 11.7. The van der Waals surface area contributed by atoms with Crippen molar-refractivity contribution in [1.82, 2.24) is 10.6 Å². The Balaban J connectivity index is 2.58. The van der Waals surface area contributed by atoms with Crippen LogP contribution in [0.5, 0.6) is 0 Å². The predicted molar refractivity (Wildman–Crippen MR) is 65.0 cm³/mol. The van der Waals surface area contributed by atoms with E-state index >= 15 is 0 Å². The first kappa shape index (κ1) is 12.2. The van der Waals surface area contributed by atoms with Crippen molar-refractivity contribution >= 4 is 21.8 Å². The number of likely N-dealkylation sites (N-methyl/N-ethyl adjacent to an activating group) is 1. The van der Waals surface area contributed by atoms with Crippen LogP contribution >= 0.6 is 15.9 Å². The van der Waals surface area contributed by atoms with E-state index in [0.717, 1.165) is 4.47 Å². The maximum absolute atomic E-state index is 11.7. The topological polar surface area (TPSA) is 41.1 Å². The van der Waals surface area contributed by atoms with Crippen molar-refractivity contribution in [3.8, 4) is 0 Å². The lowest BCUT2D eigenvalue weighted by Crippen LogP contribution is -2.37. The fourth-order valence-electron chi connectivity index (χ4n) is 1.09. The molecule has 0 radical (unpaired) electrons. The minimum Gasteiger partial charge on any atom is -0.350 e. The van der Waals surface area contributed by atoms with E-state index in [4.69, 9.17) is 0 Å². The molecule has 2 N–H and O–H groups in total. The minimum atomic E-state index is -0.0513. The molecule has 0 bridgehead atoms. The van der Waals surface area contributed by atoms with Gasteiger partial charge in [-0.25, -0.2) is 0 Å². The molecule has 1 rings (SSSR count). The van der Waals surface area contributed by atoms with E-state index in [2.05, 4.69) is 26.6 Å². The van der Waals surface area contributed by atoms with Crippen LogP contribution in [0.25, 0.3) is 0 Å². The van der Waals surface area contributed by atoms with E-state index in [1.54, 1.807) is 6.07 Å². The maximum Gasteiger partial charge on any atom is 0.252 e. The van der Waals surface area contributed by atoms with Crippen LogP contribution in [0.1, 0.15) is 17.3 Å². The summed E-state index contributed by atoms with van der Waals surface area (Å²) in [6, 6.07) is 7.66. The molecule has 15 heavy (non-hydrogen) atoms. The third-order valence-electron chi connectivity index (χ3n) is 2.18. The highest BCUT2D eigenvalue weighted by atomic mass is 79.9. The molecule has 0 spiro atoms. The molecule has 1 aromatic carbocycles. The Kier molecular flexibility index (Phi) is 4.78. The number of hydrogen-bond acceptors (Lipinski definition) is 2. The van der Waals surface area contributed by atoms with Crippen LogP contribution in [-0.4, -0.2) is 25.5 Å². The highest BCUT2D eigenvalue weighted by molar-refractivity contribution is 9.10. The van der Waals surface area contributed by atoms with Gasteiger partial charge in [-0.05, 0) is 42.0 Å². The summed E-state index contributed by atoms with van der Waals surface area (Å²) in [7, 11) is 1.87. The number of nitrogens with one attached hydrogen (secondary N) is 2. The summed E-state index contributed by atoms with van der Waals surface area (Å²) in [5, 5.41) is 5.92. The van der Waals surface area contributed by atoms with Crippen LogP contribution in [0, 0.1) is 0 Å². The largest absolute Gasteiger partial charge is 0.350 e.